The Bertz CT molecular complexity index is 1050. The van der Waals surface area contributed by atoms with Crippen molar-refractivity contribution in [2.45, 2.75) is 25.7 Å². The Hall–Kier alpha value is -3.41. The van der Waals surface area contributed by atoms with E-state index in [9.17, 15) is 4.79 Å². The SMILES string of the molecule is COc1ccc(C2CC(=O)c3c(C)nc(Nc4ccccc4)nc3C2)c(OC)c1. The molecular weight excluding hydrogens is 366 g/mol. The second-order valence-corrected chi connectivity index (χ2v) is 7.08. The van der Waals surface area contributed by atoms with E-state index in [1.165, 1.54) is 0 Å². The molecule has 1 aliphatic carbocycles. The summed E-state index contributed by atoms with van der Waals surface area (Å²) >= 11 is 0. The molecule has 1 aromatic heterocycles. The van der Waals surface area contributed by atoms with Crippen LogP contribution in [0.5, 0.6) is 11.5 Å². The predicted octanol–water partition coefficient (Wildman–Crippen LogP) is 4.46. The van der Waals surface area contributed by atoms with Gasteiger partial charge in [-0.05, 0) is 37.1 Å². The minimum atomic E-state index is -0.00488. The van der Waals surface area contributed by atoms with E-state index in [4.69, 9.17) is 9.47 Å². The van der Waals surface area contributed by atoms with Crippen LogP contribution in [-0.2, 0) is 6.42 Å². The number of hydrogen-bond donors (Lipinski definition) is 1. The molecule has 2 aromatic carbocycles. The van der Waals surface area contributed by atoms with Gasteiger partial charge in [-0.2, -0.15) is 0 Å². The van der Waals surface area contributed by atoms with Gasteiger partial charge in [0.05, 0.1) is 31.2 Å². The highest BCUT2D eigenvalue weighted by Gasteiger charge is 2.31. The number of aryl methyl sites for hydroxylation is 1. The Morgan fingerprint density at radius 2 is 1.79 bits per heavy atom. The van der Waals surface area contributed by atoms with Gasteiger partial charge in [0, 0.05) is 24.1 Å². The van der Waals surface area contributed by atoms with Gasteiger partial charge in [0.1, 0.15) is 11.5 Å². The number of nitrogens with zero attached hydrogens (tertiary/aromatic N) is 2. The fourth-order valence-electron chi connectivity index (χ4n) is 3.86. The lowest BCUT2D eigenvalue weighted by atomic mass is 9.81. The van der Waals surface area contributed by atoms with Gasteiger partial charge >= 0.3 is 0 Å². The minimum Gasteiger partial charge on any atom is -0.497 e. The van der Waals surface area contributed by atoms with Crippen molar-refractivity contribution in [3.05, 3.63) is 71.0 Å². The van der Waals surface area contributed by atoms with E-state index in [-0.39, 0.29) is 11.7 Å². The standard InChI is InChI=1S/C23H23N3O3/c1-14-22-19(26-23(24-14)25-16-7-5-4-6-8-16)11-15(12-20(22)27)18-10-9-17(28-2)13-21(18)29-3/h4-10,13,15H,11-12H2,1-3H3,(H,24,25,26). The summed E-state index contributed by atoms with van der Waals surface area (Å²) < 4.78 is 10.8. The first-order chi connectivity index (χ1) is 14.1. The van der Waals surface area contributed by atoms with E-state index in [0.717, 1.165) is 28.4 Å². The molecule has 0 radical (unpaired) electrons. The Labute approximate surface area is 169 Å². The average Bonchev–Trinajstić information content (AvgIpc) is 2.73. The third-order valence-electron chi connectivity index (χ3n) is 5.23. The number of aromatic nitrogens is 2. The number of methoxy groups -OCH3 is 2. The van der Waals surface area contributed by atoms with Gasteiger partial charge in [0.2, 0.25) is 5.95 Å². The summed E-state index contributed by atoms with van der Waals surface area (Å²) in [6, 6.07) is 15.5. The number of rotatable bonds is 5. The first-order valence-electron chi connectivity index (χ1n) is 9.53. The van der Waals surface area contributed by atoms with Gasteiger partial charge in [-0.15, -0.1) is 0 Å². The molecule has 6 heteroatoms. The number of carbonyl (C=O) groups excluding carboxylic acids is 1. The maximum Gasteiger partial charge on any atom is 0.227 e. The van der Waals surface area contributed by atoms with Crippen LogP contribution in [0.2, 0.25) is 0 Å². The topological polar surface area (TPSA) is 73.3 Å². The Balaban J connectivity index is 1.68. The molecule has 6 nitrogen and oxygen atoms in total. The second-order valence-electron chi connectivity index (χ2n) is 7.08. The van der Waals surface area contributed by atoms with Gasteiger partial charge in [0.25, 0.3) is 0 Å². The van der Waals surface area contributed by atoms with Crippen LogP contribution in [0, 0.1) is 6.92 Å². The molecular formula is C23H23N3O3. The summed E-state index contributed by atoms with van der Waals surface area (Å²) in [5, 5.41) is 3.23. The Kier molecular flexibility index (Phi) is 5.16. The molecule has 0 fully saturated rings. The lowest BCUT2D eigenvalue weighted by molar-refractivity contribution is 0.0961. The Morgan fingerprint density at radius 3 is 2.52 bits per heavy atom. The van der Waals surface area contributed by atoms with Crippen molar-refractivity contribution < 1.29 is 14.3 Å². The van der Waals surface area contributed by atoms with E-state index in [2.05, 4.69) is 15.3 Å². The van der Waals surface area contributed by atoms with Crippen LogP contribution >= 0.6 is 0 Å². The molecule has 0 saturated carbocycles. The summed E-state index contributed by atoms with van der Waals surface area (Å²) in [7, 11) is 3.25. The highest BCUT2D eigenvalue weighted by Crippen LogP contribution is 2.39. The molecule has 1 aliphatic rings. The maximum atomic E-state index is 12.9. The number of nitrogens with one attached hydrogen (secondary N) is 1. The smallest absolute Gasteiger partial charge is 0.227 e. The van der Waals surface area contributed by atoms with E-state index >= 15 is 0 Å². The molecule has 3 aromatic rings. The molecule has 0 bridgehead atoms. The third kappa shape index (κ3) is 3.78. The monoisotopic (exact) mass is 389 g/mol. The van der Waals surface area contributed by atoms with Crippen LogP contribution in [0.3, 0.4) is 0 Å². The summed E-state index contributed by atoms with van der Waals surface area (Å²) in [4.78, 5) is 22.1. The first kappa shape index (κ1) is 18.9. The van der Waals surface area contributed by atoms with Crippen LogP contribution in [0.25, 0.3) is 0 Å². The number of carbonyl (C=O) groups is 1. The van der Waals surface area contributed by atoms with Crippen LogP contribution in [0.4, 0.5) is 11.6 Å². The summed E-state index contributed by atoms with van der Waals surface area (Å²) in [6.07, 6.45) is 1.06. The number of benzene rings is 2. The number of ketones is 1. The maximum absolute atomic E-state index is 12.9. The molecule has 1 atom stereocenters. The van der Waals surface area contributed by atoms with Crippen LogP contribution in [0.1, 0.15) is 39.6 Å². The summed E-state index contributed by atoms with van der Waals surface area (Å²) in [5.74, 6) is 2.01. The highest BCUT2D eigenvalue weighted by atomic mass is 16.5. The molecule has 0 aliphatic heterocycles. The Morgan fingerprint density at radius 1 is 1.00 bits per heavy atom. The van der Waals surface area contributed by atoms with Crippen molar-refractivity contribution in [2.24, 2.45) is 0 Å². The summed E-state index contributed by atoms with van der Waals surface area (Å²) in [5.41, 5.74) is 4.02. The molecule has 1 N–H and O–H groups in total. The molecule has 1 unspecified atom stereocenters. The largest absolute Gasteiger partial charge is 0.497 e. The van der Waals surface area contributed by atoms with E-state index in [1.807, 2.05) is 55.5 Å². The molecule has 4 rings (SSSR count). The number of hydrogen-bond acceptors (Lipinski definition) is 6. The lowest BCUT2D eigenvalue weighted by Crippen LogP contribution is -2.23. The van der Waals surface area contributed by atoms with Gasteiger partial charge < -0.3 is 14.8 Å². The molecule has 0 amide bonds. The van der Waals surface area contributed by atoms with Crippen molar-refractivity contribution in [1.29, 1.82) is 0 Å². The molecule has 1 heterocycles. The van der Waals surface area contributed by atoms with Crippen molar-refractivity contribution in [3.8, 4) is 11.5 Å². The number of ether oxygens (including phenoxy) is 2. The average molecular weight is 389 g/mol. The number of para-hydroxylation sites is 1. The van der Waals surface area contributed by atoms with Gasteiger partial charge in [-0.25, -0.2) is 9.97 Å². The zero-order valence-electron chi connectivity index (χ0n) is 16.7. The molecule has 0 spiro atoms. The second kappa shape index (κ2) is 7.91. The quantitative estimate of drug-likeness (QED) is 0.695. The fourth-order valence-corrected chi connectivity index (χ4v) is 3.86. The van der Waals surface area contributed by atoms with Crippen molar-refractivity contribution >= 4 is 17.4 Å². The van der Waals surface area contributed by atoms with Crippen LogP contribution < -0.4 is 14.8 Å². The minimum absolute atomic E-state index is 0.00488. The molecule has 0 saturated heterocycles. The zero-order valence-corrected chi connectivity index (χ0v) is 16.7. The van der Waals surface area contributed by atoms with E-state index in [0.29, 0.717) is 30.0 Å². The summed E-state index contributed by atoms with van der Waals surface area (Å²) in [6.45, 7) is 1.86. The van der Waals surface area contributed by atoms with E-state index in [1.54, 1.807) is 14.2 Å². The van der Waals surface area contributed by atoms with Gasteiger partial charge in [-0.3, -0.25) is 4.79 Å². The van der Waals surface area contributed by atoms with Crippen molar-refractivity contribution in [3.63, 3.8) is 0 Å². The van der Waals surface area contributed by atoms with Crippen LogP contribution in [-0.4, -0.2) is 30.0 Å². The van der Waals surface area contributed by atoms with Gasteiger partial charge in [-0.1, -0.05) is 24.3 Å². The highest BCUT2D eigenvalue weighted by molar-refractivity contribution is 6.00. The van der Waals surface area contributed by atoms with E-state index < -0.39 is 0 Å². The number of Topliss-reactive ketones (excluding diaryl/α,β-unsaturated/α-hetero) is 1. The first-order valence-corrected chi connectivity index (χ1v) is 9.53. The fraction of sp³-hybridized carbons (Fsp3) is 0.261. The van der Waals surface area contributed by atoms with Crippen molar-refractivity contribution in [2.75, 3.05) is 19.5 Å². The third-order valence-corrected chi connectivity index (χ3v) is 5.23. The lowest BCUT2D eigenvalue weighted by Gasteiger charge is -2.26. The van der Waals surface area contributed by atoms with Gasteiger partial charge in [0.15, 0.2) is 5.78 Å². The zero-order chi connectivity index (χ0) is 20.4. The molecule has 148 valence electrons. The molecule has 29 heavy (non-hydrogen) atoms. The predicted molar refractivity (Wildman–Crippen MR) is 111 cm³/mol. The normalized spacial score (nSPS) is 15.6. The van der Waals surface area contributed by atoms with Crippen LogP contribution in [0.15, 0.2) is 48.5 Å². The van der Waals surface area contributed by atoms with Crippen molar-refractivity contribution in [1.82, 2.24) is 9.97 Å². The number of anilines is 2. The number of fused-ring (bicyclic) bond motifs is 1.